The molecular formula is C17H18N4O3S. The summed E-state index contributed by atoms with van der Waals surface area (Å²) in [7, 11) is -1.19. The highest BCUT2D eigenvalue weighted by atomic mass is 32.2. The SMILES string of the molecule is CNc1ncnc2ccc(-c3ccc(/C=N/CCS(C)(=O)=O)o3)cc12. The number of aliphatic imine (C=N–C) groups is 1. The number of rotatable bonds is 6. The van der Waals surface area contributed by atoms with Gasteiger partial charge in [0, 0.05) is 24.3 Å². The summed E-state index contributed by atoms with van der Waals surface area (Å²) < 4.78 is 27.9. The molecule has 3 rings (SSSR count). The van der Waals surface area contributed by atoms with Gasteiger partial charge >= 0.3 is 0 Å². The second-order valence-electron chi connectivity index (χ2n) is 5.57. The highest BCUT2D eigenvalue weighted by Crippen LogP contribution is 2.27. The Hall–Kier alpha value is -2.74. The lowest BCUT2D eigenvalue weighted by atomic mass is 10.1. The number of nitrogens with one attached hydrogen (secondary N) is 1. The molecule has 0 amide bonds. The van der Waals surface area contributed by atoms with Crippen LogP contribution in [0.25, 0.3) is 22.2 Å². The molecule has 8 heteroatoms. The average molecular weight is 358 g/mol. The van der Waals surface area contributed by atoms with E-state index in [-0.39, 0.29) is 12.3 Å². The van der Waals surface area contributed by atoms with E-state index < -0.39 is 9.84 Å². The molecule has 0 saturated heterocycles. The molecule has 2 heterocycles. The maximum atomic E-state index is 11.1. The molecule has 0 bridgehead atoms. The fourth-order valence-electron chi connectivity index (χ4n) is 2.36. The van der Waals surface area contributed by atoms with Crippen molar-refractivity contribution in [3.8, 4) is 11.3 Å². The van der Waals surface area contributed by atoms with Crippen LogP contribution in [0.3, 0.4) is 0 Å². The molecule has 1 aromatic carbocycles. The molecule has 0 unspecified atom stereocenters. The summed E-state index contributed by atoms with van der Waals surface area (Å²) in [6.07, 6.45) is 4.25. The van der Waals surface area contributed by atoms with Crippen molar-refractivity contribution < 1.29 is 12.8 Å². The third-order valence-corrected chi connectivity index (χ3v) is 4.52. The van der Waals surface area contributed by atoms with E-state index in [9.17, 15) is 8.42 Å². The van der Waals surface area contributed by atoms with Crippen LogP contribution < -0.4 is 5.32 Å². The smallest absolute Gasteiger partial charge is 0.149 e. The predicted molar refractivity (Wildman–Crippen MR) is 99.0 cm³/mol. The molecule has 0 spiro atoms. The first kappa shape index (κ1) is 17.1. The van der Waals surface area contributed by atoms with E-state index in [0.717, 1.165) is 22.3 Å². The number of hydrogen-bond donors (Lipinski definition) is 1. The molecule has 0 radical (unpaired) electrons. The van der Waals surface area contributed by atoms with Crippen LogP contribution in [0.2, 0.25) is 0 Å². The van der Waals surface area contributed by atoms with Crippen molar-refractivity contribution in [2.24, 2.45) is 4.99 Å². The van der Waals surface area contributed by atoms with Gasteiger partial charge in [0.2, 0.25) is 0 Å². The number of sulfone groups is 1. The molecule has 7 nitrogen and oxygen atoms in total. The lowest BCUT2D eigenvalue weighted by molar-refractivity contribution is 0.574. The van der Waals surface area contributed by atoms with E-state index in [1.54, 1.807) is 6.07 Å². The summed E-state index contributed by atoms with van der Waals surface area (Å²) in [5, 5.41) is 3.95. The highest BCUT2D eigenvalue weighted by Gasteiger charge is 2.08. The molecule has 1 N–H and O–H groups in total. The lowest BCUT2D eigenvalue weighted by Gasteiger charge is -2.05. The van der Waals surface area contributed by atoms with Crippen molar-refractivity contribution in [3.05, 3.63) is 42.4 Å². The third kappa shape index (κ3) is 4.21. The maximum Gasteiger partial charge on any atom is 0.149 e. The predicted octanol–water partition coefficient (Wildman–Crippen LogP) is 2.40. The Bertz CT molecular complexity index is 1030. The van der Waals surface area contributed by atoms with Crippen LogP contribution in [0.5, 0.6) is 0 Å². The fraction of sp³-hybridized carbons (Fsp3) is 0.235. The summed E-state index contributed by atoms with van der Waals surface area (Å²) in [4.78, 5) is 12.5. The Morgan fingerprint density at radius 3 is 2.84 bits per heavy atom. The standard InChI is InChI=1S/C17H18N4O3S/c1-18-17-14-9-12(3-5-15(14)20-11-21-17)16-6-4-13(24-16)10-19-7-8-25(2,22)23/h3-6,9-11H,7-8H2,1-2H3,(H,18,20,21)/b19-10+. The zero-order valence-electron chi connectivity index (χ0n) is 13.9. The van der Waals surface area contributed by atoms with E-state index >= 15 is 0 Å². The third-order valence-electron chi connectivity index (χ3n) is 3.59. The molecule has 0 atom stereocenters. The molecule has 2 aromatic heterocycles. The van der Waals surface area contributed by atoms with E-state index in [1.165, 1.54) is 18.8 Å². The van der Waals surface area contributed by atoms with Crippen molar-refractivity contribution in [1.82, 2.24) is 9.97 Å². The van der Waals surface area contributed by atoms with Crippen molar-refractivity contribution in [2.45, 2.75) is 0 Å². The minimum absolute atomic E-state index is 0.0224. The number of hydrogen-bond acceptors (Lipinski definition) is 7. The second kappa shape index (κ2) is 7.02. The molecular weight excluding hydrogens is 340 g/mol. The first-order chi connectivity index (χ1) is 12.0. The lowest BCUT2D eigenvalue weighted by Crippen LogP contribution is -2.05. The normalized spacial score (nSPS) is 12.1. The van der Waals surface area contributed by atoms with E-state index in [0.29, 0.717) is 11.5 Å². The van der Waals surface area contributed by atoms with Gasteiger partial charge in [0.15, 0.2) is 0 Å². The van der Waals surface area contributed by atoms with Crippen molar-refractivity contribution >= 4 is 32.8 Å². The van der Waals surface area contributed by atoms with Crippen molar-refractivity contribution in [1.29, 1.82) is 0 Å². The Morgan fingerprint density at radius 2 is 2.08 bits per heavy atom. The minimum Gasteiger partial charge on any atom is -0.455 e. The van der Waals surface area contributed by atoms with Gasteiger partial charge in [-0.1, -0.05) is 0 Å². The van der Waals surface area contributed by atoms with Crippen LogP contribution >= 0.6 is 0 Å². The van der Waals surface area contributed by atoms with Crippen molar-refractivity contribution in [2.75, 3.05) is 30.9 Å². The highest BCUT2D eigenvalue weighted by molar-refractivity contribution is 7.90. The van der Waals surface area contributed by atoms with Gasteiger partial charge in [-0.3, -0.25) is 4.99 Å². The zero-order chi connectivity index (χ0) is 17.9. The second-order valence-corrected chi connectivity index (χ2v) is 7.83. The maximum absolute atomic E-state index is 11.1. The summed E-state index contributed by atoms with van der Waals surface area (Å²) in [6.45, 7) is 0.216. The van der Waals surface area contributed by atoms with Crippen LogP contribution in [-0.4, -0.2) is 50.2 Å². The molecule has 0 fully saturated rings. The number of aromatic nitrogens is 2. The number of benzene rings is 1. The van der Waals surface area contributed by atoms with Crippen molar-refractivity contribution in [3.63, 3.8) is 0 Å². The summed E-state index contributed by atoms with van der Waals surface area (Å²) in [5.41, 5.74) is 1.74. The van der Waals surface area contributed by atoms with Gasteiger partial charge in [0.05, 0.1) is 24.0 Å². The monoisotopic (exact) mass is 358 g/mol. The fourth-order valence-corrected chi connectivity index (χ4v) is 2.80. The average Bonchev–Trinajstić information content (AvgIpc) is 3.06. The van der Waals surface area contributed by atoms with Gasteiger partial charge in [-0.05, 0) is 30.3 Å². The Balaban J connectivity index is 1.82. The minimum atomic E-state index is -3.01. The Morgan fingerprint density at radius 1 is 1.24 bits per heavy atom. The van der Waals surface area contributed by atoms with Gasteiger partial charge < -0.3 is 9.73 Å². The molecule has 0 aliphatic rings. The summed E-state index contributed by atoms with van der Waals surface area (Å²) >= 11 is 0. The molecule has 0 aliphatic heterocycles. The number of fused-ring (bicyclic) bond motifs is 1. The van der Waals surface area contributed by atoms with Crippen LogP contribution in [-0.2, 0) is 9.84 Å². The van der Waals surface area contributed by atoms with Crippen LogP contribution in [0, 0.1) is 0 Å². The number of furan rings is 1. The van der Waals surface area contributed by atoms with E-state index in [1.807, 2.05) is 31.3 Å². The molecule has 0 aliphatic carbocycles. The van der Waals surface area contributed by atoms with Crippen LogP contribution in [0.1, 0.15) is 5.76 Å². The van der Waals surface area contributed by atoms with Gasteiger partial charge in [-0.25, -0.2) is 18.4 Å². The van der Waals surface area contributed by atoms with Crippen LogP contribution in [0.4, 0.5) is 5.82 Å². The van der Waals surface area contributed by atoms with Gasteiger partial charge in [-0.2, -0.15) is 0 Å². The first-order valence-corrected chi connectivity index (χ1v) is 9.72. The number of nitrogens with zero attached hydrogens (tertiary/aromatic N) is 3. The Kier molecular flexibility index (Phi) is 4.80. The summed E-state index contributed by atoms with van der Waals surface area (Å²) in [5.74, 6) is 2.04. The summed E-state index contributed by atoms with van der Waals surface area (Å²) in [6, 6.07) is 9.45. The van der Waals surface area contributed by atoms with Gasteiger partial charge in [0.25, 0.3) is 0 Å². The number of anilines is 1. The zero-order valence-corrected chi connectivity index (χ0v) is 14.7. The quantitative estimate of drug-likeness (QED) is 0.680. The topological polar surface area (TPSA) is 97.5 Å². The van der Waals surface area contributed by atoms with Crippen LogP contribution in [0.15, 0.2) is 46.1 Å². The van der Waals surface area contributed by atoms with E-state index in [4.69, 9.17) is 4.42 Å². The molecule has 0 saturated carbocycles. The van der Waals surface area contributed by atoms with E-state index in [2.05, 4.69) is 20.3 Å². The first-order valence-electron chi connectivity index (χ1n) is 7.66. The Labute approximate surface area is 145 Å². The molecule has 3 aromatic rings. The molecule has 130 valence electrons. The van der Waals surface area contributed by atoms with Gasteiger partial charge in [-0.15, -0.1) is 0 Å². The molecule has 25 heavy (non-hydrogen) atoms. The van der Waals surface area contributed by atoms with Gasteiger partial charge in [0.1, 0.15) is 33.5 Å². The largest absolute Gasteiger partial charge is 0.455 e.